The Morgan fingerprint density at radius 2 is 1.91 bits per heavy atom. The zero-order chi connectivity index (χ0) is 24.1. The van der Waals surface area contributed by atoms with Gasteiger partial charge in [0.1, 0.15) is 6.04 Å². The molecule has 1 spiro atoms. The Morgan fingerprint density at radius 3 is 2.44 bits per heavy atom. The second-order valence-corrected chi connectivity index (χ2v) is 13.0. The van der Waals surface area contributed by atoms with Gasteiger partial charge in [-0.3, -0.25) is 14.4 Å². The Balaban J connectivity index is 2.10. The summed E-state index contributed by atoms with van der Waals surface area (Å²) in [5.74, 6) is -1.38. The third kappa shape index (κ3) is 3.95. The molecule has 3 saturated heterocycles. The number of hydrogen-bond acceptors (Lipinski definition) is 5. The maximum atomic E-state index is 14.0. The summed E-state index contributed by atoms with van der Waals surface area (Å²) < 4.78 is -1.01. The van der Waals surface area contributed by atoms with Gasteiger partial charge in [-0.25, -0.2) is 0 Å². The number of nitrogens with one attached hydrogen (secondary N) is 2. The van der Waals surface area contributed by atoms with E-state index in [9.17, 15) is 19.5 Å². The van der Waals surface area contributed by atoms with Crippen LogP contribution in [0.2, 0.25) is 0 Å². The van der Waals surface area contributed by atoms with Crippen molar-refractivity contribution in [2.75, 3.05) is 13.2 Å². The third-order valence-corrected chi connectivity index (χ3v) is 9.62. The Morgan fingerprint density at radius 1 is 1.25 bits per heavy atom. The molecule has 3 aliphatic heterocycles. The van der Waals surface area contributed by atoms with E-state index in [0.29, 0.717) is 6.54 Å². The standard InChI is InChI=1S/C24H41N3O4S/c1-8-12-25-19(29)16-17-21(31)27(15(13-28)14(3)9-2)18(20(30)26-22(4,5)6)24(17)11-10-23(16,7)32-24/h14-18,28H,8-13H2,1-7H3,(H,25,29)(H,26,30)/t14-,15-,16-,17-,18?,23+,24?/m0/s1. The fourth-order valence-corrected chi connectivity index (χ4v) is 8.37. The molecule has 8 heteroatoms. The number of carbonyl (C=O) groups excluding carboxylic acids is 3. The van der Waals surface area contributed by atoms with E-state index in [2.05, 4.69) is 17.6 Å². The van der Waals surface area contributed by atoms with E-state index in [1.807, 2.05) is 41.5 Å². The van der Waals surface area contributed by atoms with Crippen LogP contribution < -0.4 is 10.6 Å². The highest BCUT2D eigenvalue weighted by atomic mass is 32.2. The maximum absolute atomic E-state index is 14.0. The van der Waals surface area contributed by atoms with Crippen molar-refractivity contribution in [2.24, 2.45) is 17.8 Å². The lowest BCUT2D eigenvalue weighted by Gasteiger charge is -2.40. The largest absolute Gasteiger partial charge is 0.394 e. The van der Waals surface area contributed by atoms with Crippen molar-refractivity contribution in [1.82, 2.24) is 15.5 Å². The SMILES string of the molecule is CCCNC(=O)[C@@H]1[C@H]2C(=O)N([C@@H](CO)[C@@H](C)CC)C(C(=O)NC(C)(C)C)C23CC[C@@]1(C)S3. The van der Waals surface area contributed by atoms with Crippen LogP contribution in [0.25, 0.3) is 0 Å². The van der Waals surface area contributed by atoms with E-state index in [0.717, 1.165) is 25.7 Å². The van der Waals surface area contributed by atoms with Crippen LogP contribution in [0.4, 0.5) is 0 Å². The Hall–Kier alpha value is -1.28. The highest BCUT2D eigenvalue weighted by Crippen LogP contribution is 2.71. The molecule has 0 aliphatic carbocycles. The molecular weight excluding hydrogens is 426 g/mol. The van der Waals surface area contributed by atoms with Gasteiger partial charge in [0.05, 0.1) is 29.2 Å². The van der Waals surface area contributed by atoms with Gasteiger partial charge in [-0.15, -0.1) is 11.8 Å². The highest BCUT2D eigenvalue weighted by Gasteiger charge is 2.77. The third-order valence-electron chi connectivity index (χ3n) is 7.64. The van der Waals surface area contributed by atoms with Crippen LogP contribution in [-0.4, -0.2) is 68.0 Å². The lowest BCUT2D eigenvalue weighted by molar-refractivity contribution is -0.144. The Kier molecular flexibility index (Phi) is 6.99. The fraction of sp³-hybridized carbons (Fsp3) is 0.875. The summed E-state index contributed by atoms with van der Waals surface area (Å²) in [5.41, 5.74) is -0.450. The van der Waals surface area contributed by atoms with Crippen molar-refractivity contribution in [1.29, 1.82) is 0 Å². The number of fused-ring (bicyclic) bond motifs is 1. The first-order valence-electron chi connectivity index (χ1n) is 12.1. The van der Waals surface area contributed by atoms with Gasteiger partial charge in [-0.05, 0) is 52.9 Å². The van der Waals surface area contributed by atoms with Crippen molar-refractivity contribution in [2.45, 2.75) is 101 Å². The van der Waals surface area contributed by atoms with Gasteiger partial charge in [-0.2, -0.15) is 0 Å². The van der Waals surface area contributed by atoms with Crippen molar-refractivity contribution >= 4 is 29.5 Å². The monoisotopic (exact) mass is 467 g/mol. The molecular formula is C24H41N3O4S. The van der Waals surface area contributed by atoms with E-state index in [1.54, 1.807) is 16.7 Å². The molecule has 7 atom stereocenters. The lowest BCUT2D eigenvalue weighted by Crippen LogP contribution is -2.60. The zero-order valence-electron chi connectivity index (χ0n) is 20.7. The van der Waals surface area contributed by atoms with Crippen molar-refractivity contribution < 1.29 is 19.5 Å². The van der Waals surface area contributed by atoms with Gasteiger partial charge in [0.2, 0.25) is 17.7 Å². The minimum atomic E-state index is -0.693. The van der Waals surface area contributed by atoms with Gasteiger partial charge >= 0.3 is 0 Å². The molecule has 32 heavy (non-hydrogen) atoms. The first-order valence-corrected chi connectivity index (χ1v) is 12.9. The topological polar surface area (TPSA) is 98.7 Å². The molecule has 0 aromatic rings. The van der Waals surface area contributed by atoms with Gasteiger partial charge in [0.15, 0.2) is 0 Å². The molecule has 0 radical (unpaired) electrons. The first-order chi connectivity index (χ1) is 14.9. The highest BCUT2D eigenvalue weighted by molar-refractivity contribution is 8.02. The molecule has 2 unspecified atom stereocenters. The van der Waals surface area contributed by atoms with E-state index >= 15 is 0 Å². The van der Waals surface area contributed by atoms with Crippen molar-refractivity contribution in [3.63, 3.8) is 0 Å². The zero-order valence-corrected chi connectivity index (χ0v) is 21.5. The predicted molar refractivity (Wildman–Crippen MR) is 127 cm³/mol. The number of rotatable bonds is 8. The van der Waals surface area contributed by atoms with Gasteiger partial charge in [0.25, 0.3) is 0 Å². The maximum Gasteiger partial charge on any atom is 0.244 e. The smallest absolute Gasteiger partial charge is 0.244 e. The van der Waals surface area contributed by atoms with Crippen LogP contribution in [0.1, 0.15) is 74.1 Å². The number of hydrogen-bond donors (Lipinski definition) is 3. The molecule has 3 amide bonds. The molecule has 0 aromatic heterocycles. The van der Waals surface area contributed by atoms with Crippen LogP contribution in [-0.2, 0) is 14.4 Å². The second kappa shape index (κ2) is 8.82. The molecule has 3 heterocycles. The van der Waals surface area contributed by atoms with E-state index < -0.39 is 34.2 Å². The Labute approximate surface area is 196 Å². The molecule has 182 valence electrons. The molecule has 3 rings (SSSR count). The molecule has 3 fully saturated rings. The van der Waals surface area contributed by atoms with E-state index in [4.69, 9.17) is 0 Å². The normalized spacial score (nSPS) is 35.6. The van der Waals surface area contributed by atoms with Crippen LogP contribution in [0, 0.1) is 17.8 Å². The second-order valence-electron chi connectivity index (χ2n) is 11.1. The minimum absolute atomic E-state index is 0.0364. The molecule has 0 saturated carbocycles. The summed E-state index contributed by atoms with van der Waals surface area (Å²) in [6, 6.07) is -1.14. The van der Waals surface area contributed by atoms with Crippen molar-refractivity contribution in [3.8, 4) is 0 Å². The summed E-state index contributed by atoms with van der Waals surface area (Å²) >= 11 is 1.67. The number of aliphatic hydroxyl groups excluding tert-OH is 1. The number of thioether (sulfide) groups is 1. The first kappa shape index (κ1) is 25.3. The van der Waals surface area contributed by atoms with Crippen LogP contribution in [0.15, 0.2) is 0 Å². The number of nitrogens with zero attached hydrogens (tertiary/aromatic N) is 1. The Bertz CT molecular complexity index is 769. The molecule has 0 aromatic carbocycles. The number of likely N-dealkylation sites (tertiary alicyclic amines) is 1. The summed E-state index contributed by atoms with van der Waals surface area (Å²) in [6.45, 7) is 14.3. The summed E-state index contributed by atoms with van der Waals surface area (Å²) in [7, 11) is 0. The van der Waals surface area contributed by atoms with Crippen LogP contribution >= 0.6 is 11.8 Å². The number of carbonyl (C=O) groups is 3. The lowest BCUT2D eigenvalue weighted by atomic mass is 9.66. The minimum Gasteiger partial charge on any atom is -0.394 e. The fourth-order valence-electron chi connectivity index (χ4n) is 6.03. The van der Waals surface area contributed by atoms with Crippen LogP contribution in [0.3, 0.4) is 0 Å². The summed E-state index contributed by atoms with van der Waals surface area (Å²) in [4.78, 5) is 42.7. The van der Waals surface area contributed by atoms with Gasteiger partial charge in [-0.1, -0.05) is 27.2 Å². The van der Waals surface area contributed by atoms with E-state index in [-0.39, 0.29) is 35.0 Å². The quantitative estimate of drug-likeness (QED) is 0.509. The average Bonchev–Trinajstić information content (AvgIpc) is 3.26. The molecule has 3 aliphatic rings. The van der Waals surface area contributed by atoms with Crippen LogP contribution in [0.5, 0.6) is 0 Å². The van der Waals surface area contributed by atoms with Gasteiger partial charge in [0, 0.05) is 16.8 Å². The van der Waals surface area contributed by atoms with Gasteiger partial charge < -0.3 is 20.6 Å². The number of amides is 3. The summed E-state index contributed by atoms with van der Waals surface area (Å²) in [5, 5.41) is 16.4. The summed E-state index contributed by atoms with van der Waals surface area (Å²) in [6.07, 6.45) is 3.13. The average molecular weight is 468 g/mol. The number of aliphatic hydroxyl groups is 1. The van der Waals surface area contributed by atoms with Crippen molar-refractivity contribution in [3.05, 3.63) is 0 Å². The molecule has 7 nitrogen and oxygen atoms in total. The predicted octanol–water partition coefficient (Wildman–Crippen LogP) is 2.32. The van der Waals surface area contributed by atoms with E-state index in [1.165, 1.54) is 0 Å². The molecule has 3 N–H and O–H groups in total. The molecule has 2 bridgehead atoms.